The van der Waals surface area contributed by atoms with Crippen LogP contribution in [0.2, 0.25) is 0 Å². The smallest absolute Gasteiger partial charge is 0.411 e. The van der Waals surface area contributed by atoms with Gasteiger partial charge in [-0.05, 0) is 44.0 Å². The third kappa shape index (κ3) is 4.77. The molecule has 30 heavy (non-hydrogen) atoms. The number of ether oxygens (including phenoxy) is 4. The zero-order valence-electron chi connectivity index (χ0n) is 18.0. The van der Waals surface area contributed by atoms with E-state index in [2.05, 4.69) is 0 Å². The van der Waals surface area contributed by atoms with Crippen LogP contribution in [-0.2, 0) is 32.1 Å². The van der Waals surface area contributed by atoms with Crippen LogP contribution in [0, 0.1) is 0 Å². The molecule has 2 amide bonds. The predicted octanol–water partition coefficient (Wildman–Crippen LogP) is 2.70. The summed E-state index contributed by atoms with van der Waals surface area (Å²) >= 11 is 0. The largest absolute Gasteiger partial charge is 0.497 e. The Morgan fingerprint density at radius 1 is 1.03 bits per heavy atom. The number of carbonyl (C=O) groups is 3. The summed E-state index contributed by atoms with van der Waals surface area (Å²) in [5, 5.41) is 0. The molecule has 2 aliphatic heterocycles. The molecule has 3 rings (SSSR count). The molecule has 2 heterocycles. The Hall–Kier alpha value is -2.97. The first-order valence-corrected chi connectivity index (χ1v) is 9.80. The fraction of sp³-hybridized carbons (Fsp3) is 0.571. The number of esters is 1. The van der Waals surface area contributed by atoms with Gasteiger partial charge in [0, 0.05) is 19.5 Å². The van der Waals surface area contributed by atoms with Crippen LogP contribution >= 0.6 is 0 Å². The first-order chi connectivity index (χ1) is 14.1. The minimum atomic E-state index is -0.859. The molecule has 0 radical (unpaired) electrons. The number of hydrogen-bond donors (Lipinski definition) is 0. The standard InChI is InChI=1S/C21H28N2O7/c1-21(2,3)30-20(26)23-12-16(9-17(23)18(24)28-5)29-19(25)22-10-13-6-7-15(27-4)8-14(13)11-22/h6-8,16-17H,9-12H2,1-5H3/t16-,17+/m1/s1. The molecule has 164 valence electrons. The SMILES string of the molecule is COC(=O)[C@@H]1C[C@@H](OC(=O)N2Cc3ccc(OC)cc3C2)CN1C(=O)OC(C)(C)C. The summed E-state index contributed by atoms with van der Waals surface area (Å²) in [6.07, 6.45) is -1.61. The van der Waals surface area contributed by atoms with E-state index < -0.39 is 35.9 Å². The van der Waals surface area contributed by atoms with E-state index in [0.29, 0.717) is 13.1 Å². The van der Waals surface area contributed by atoms with E-state index in [-0.39, 0.29) is 13.0 Å². The maximum absolute atomic E-state index is 12.7. The summed E-state index contributed by atoms with van der Waals surface area (Å²) in [7, 11) is 2.85. The highest BCUT2D eigenvalue weighted by Gasteiger charge is 2.44. The van der Waals surface area contributed by atoms with Crippen LogP contribution in [0.25, 0.3) is 0 Å². The van der Waals surface area contributed by atoms with E-state index in [1.807, 2.05) is 18.2 Å². The van der Waals surface area contributed by atoms with Crippen LogP contribution in [0.15, 0.2) is 18.2 Å². The Balaban J connectivity index is 1.64. The van der Waals surface area contributed by atoms with Crippen molar-refractivity contribution < 1.29 is 33.3 Å². The lowest BCUT2D eigenvalue weighted by Crippen LogP contribution is -2.44. The van der Waals surface area contributed by atoms with Gasteiger partial charge in [0.15, 0.2) is 0 Å². The molecule has 1 aromatic carbocycles. The summed E-state index contributed by atoms with van der Waals surface area (Å²) in [4.78, 5) is 40.2. The van der Waals surface area contributed by atoms with Crippen LogP contribution < -0.4 is 4.74 Å². The van der Waals surface area contributed by atoms with Gasteiger partial charge in [-0.25, -0.2) is 14.4 Å². The average molecular weight is 420 g/mol. The number of rotatable bonds is 3. The maximum Gasteiger partial charge on any atom is 0.411 e. The van der Waals surface area contributed by atoms with Crippen molar-refractivity contribution >= 4 is 18.2 Å². The molecule has 2 atom stereocenters. The van der Waals surface area contributed by atoms with Gasteiger partial charge in [0.05, 0.1) is 20.8 Å². The van der Waals surface area contributed by atoms with Crippen LogP contribution in [-0.4, -0.2) is 66.5 Å². The van der Waals surface area contributed by atoms with Crippen LogP contribution in [0.5, 0.6) is 5.75 Å². The van der Waals surface area contributed by atoms with Crippen molar-refractivity contribution in [2.24, 2.45) is 0 Å². The second-order valence-electron chi connectivity index (χ2n) is 8.40. The van der Waals surface area contributed by atoms with Gasteiger partial charge in [0.2, 0.25) is 0 Å². The van der Waals surface area contributed by atoms with Gasteiger partial charge in [0.1, 0.15) is 23.5 Å². The monoisotopic (exact) mass is 420 g/mol. The zero-order chi connectivity index (χ0) is 22.1. The number of nitrogens with zero attached hydrogens (tertiary/aromatic N) is 2. The number of hydrogen-bond acceptors (Lipinski definition) is 7. The molecule has 1 fully saturated rings. The molecular weight excluding hydrogens is 392 g/mol. The van der Waals surface area contributed by atoms with E-state index in [9.17, 15) is 14.4 Å². The lowest BCUT2D eigenvalue weighted by atomic mass is 10.1. The van der Waals surface area contributed by atoms with Crippen molar-refractivity contribution in [2.75, 3.05) is 20.8 Å². The van der Waals surface area contributed by atoms with Gasteiger partial charge >= 0.3 is 18.2 Å². The molecule has 2 aliphatic rings. The third-order valence-corrected chi connectivity index (χ3v) is 5.03. The molecule has 0 unspecified atom stereocenters. The molecule has 0 bridgehead atoms. The minimum Gasteiger partial charge on any atom is -0.497 e. The van der Waals surface area contributed by atoms with Crippen LogP contribution in [0.3, 0.4) is 0 Å². The number of likely N-dealkylation sites (tertiary alicyclic amines) is 1. The quantitative estimate of drug-likeness (QED) is 0.548. The highest BCUT2D eigenvalue weighted by Crippen LogP contribution is 2.29. The molecular formula is C21H28N2O7. The number of fused-ring (bicyclic) bond motifs is 1. The van der Waals surface area contributed by atoms with Crippen LogP contribution in [0.1, 0.15) is 38.3 Å². The van der Waals surface area contributed by atoms with Crippen molar-refractivity contribution in [1.82, 2.24) is 9.80 Å². The normalized spacial score (nSPS) is 20.6. The van der Waals surface area contributed by atoms with Gasteiger partial charge in [0.25, 0.3) is 0 Å². The Labute approximate surface area is 175 Å². The topological polar surface area (TPSA) is 94.6 Å². The van der Waals surface area contributed by atoms with E-state index in [0.717, 1.165) is 16.9 Å². The van der Waals surface area contributed by atoms with E-state index in [4.69, 9.17) is 18.9 Å². The molecule has 9 nitrogen and oxygen atoms in total. The summed E-state index contributed by atoms with van der Waals surface area (Å²) in [6.45, 7) is 6.13. The summed E-state index contributed by atoms with van der Waals surface area (Å²) in [5.41, 5.74) is 1.32. The fourth-order valence-electron chi connectivity index (χ4n) is 3.61. The van der Waals surface area contributed by atoms with E-state index in [1.165, 1.54) is 12.0 Å². The Morgan fingerprint density at radius 3 is 2.37 bits per heavy atom. The number of methoxy groups -OCH3 is 2. The molecule has 0 N–H and O–H groups in total. The van der Waals surface area contributed by atoms with Gasteiger partial charge in [-0.1, -0.05) is 6.07 Å². The fourth-order valence-corrected chi connectivity index (χ4v) is 3.61. The lowest BCUT2D eigenvalue weighted by molar-refractivity contribution is -0.145. The second-order valence-corrected chi connectivity index (χ2v) is 8.40. The summed E-state index contributed by atoms with van der Waals surface area (Å²) in [5.74, 6) is 0.161. The molecule has 9 heteroatoms. The second kappa shape index (κ2) is 8.41. The highest BCUT2D eigenvalue weighted by molar-refractivity contribution is 5.82. The number of amides is 2. The lowest BCUT2D eigenvalue weighted by Gasteiger charge is -2.27. The van der Waals surface area contributed by atoms with Crippen LogP contribution in [0.4, 0.5) is 9.59 Å². The molecule has 0 saturated carbocycles. The van der Waals surface area contributed by atoms with Gasteiger partial charge in [-0.2, -0.15) is 0 Å². The predicted molar refractivity (Wildman–Crippen MR) is 106 cm³/mol. The Kier molecular flexibility index (Phi) is 6.09. The summed E-state index contributed by atoms with van der Waals surface area (Å²) < 4.78 is 21.0. The van der Waals surface area contributed by atoms with Crippen molar-refractivity contribution in [3.63, 3.8) is 0 Å². The van der Waals surface area contributed by atoms with Crippen molar-refractivity contribution in [3.05, 3.63) is 29.3 Å². The first-order valence-electron chi connectivity index (χ1n) is 9.80. The molecule has 0 aromatic heterocycles. The molecule has 0 spiro atoms. The van der Waals surface area contributed by atoms with Gasteiger partial charge in [-0.3, -0.25) is 9.80 Å². The summed E-state index contributed by atoms with van der Waals surface area (Å²) in [6, 6.07) is 4.82. The van der Waals surface area contributed by atoms with E-state index >= 15 is 0 Å². The van der Waals surface area contributed by atoms with Gasteiger partial charge in [-0.15, -0.1) is 0 Å². The average Bonchev–Trinajstić information content (AvgIpc) is 3.29. The van der Waals surface area contributed by atoms with Crippen molar-refractivity contribution in [1.29, 1.82) is 0 Å². The Bertz CT molecular complexity index is 833. The highest BCUT2D eigenvalue weighted by atomic mass is 16.6. The zero-order valence-corrected chi connectivity index (χ0v) is 18.0. The third-order valence-electron chi connectivity index (χ3n) is 5.03. The van der Waals surface area contributed by atoms with E-state index in [1.54, 1.807) is 32.8 Å². The maximum atomic E-state index is 12.7. The minimum absolute atomic E-state index is 0.0645. The van der Waals surface area contributed by atoms with Crippen molar-refractivity contribution in [3.8, 4) is 5.75 Å². The Morgan fingerprint density at radius 2 is 1.73 bits per heavy atom. The molecule has 1 aromatic rings. The van der Waals surface area contributed by atoms with Gasteiger partial charge < -0.3 is 18.9 Å². The molecule has 0 aliphatic carbocycles. The van der Waals surface area contributed by atoms with Crippen molar-refractivity contribution in [2.45, 2.75) is 58.0 Å². The number of carbonyl (C=O) groups excluding carboxylic acids is 3. The first kappa shape index (κ1) is 21.7. The molecule has 1 saturated heterocycles. The number of benzene rings is 1.